The van der Waals surface area contributed by atoms with E-state index in [1.54, 1.807) is 0 Å². The van der Waals surface area contributed by atoms with Gasteiger partial charge in [0.1, 0.15) is 0 Å². The minimum Gasteiger partial charge on any atom is -0.0888 e. The molecule has 1 rings (SSSR count). The highest BCUT2D eigenvalue weighted by Crippen LogP contribution is 2.07. The summed E-state index contributed by atoms with van der Waals surface area (Å²) in [5.74, 6) is 0. The van der Waals surface area contributed by atoms with Crippen molar-refractivity contribution >= 4 is 0 Å². The number of unbranched alkanes of at least 4 members (excludes halogenated alkanes) is 1. The summed E-state index contributed by atoms with van der Waals surface area (Å²) in [6, 6.07) is 10.5. The molecule has 1 aromatic rings. The van der Waals surface area contributed by atoms with Gasteiger partial charge in [0.15, 0.2) is 0 Å². The lowest BCUT2D eigenvalue weighted by atomic mass is 10.1. The van der Waals surface area contributed by atoms with Crippen molar-refractivity contribution in [2.75, 3.05) is 0 Å². The van der Waals surface area contributed by atoms with Gasteiger partial charge in [-0.15, -0.1) is 0 Å². The Hall–Kier alpha value is -1.04. The van der Waals surface area contributed by atoms with E-state index in [1.165, 1.54) is 5.56 Å². The van der Waals surface area contributed by atoms with Crippen LogP contribution in [0.1, 0.15) is 31.7 Å². The van der Waals surface area contributed by atoms with E-state index >= 15 is 0 Å². The Morgan fingerprint density at radius 2 is 1.77 bits per heavy atom. The molecule has 0 aliphatic heterocycles. The molecule has 0 heterocycles. The second-order valence-electron chi connectivity index (χ2n) is 3.07. The first kappa shape index (κ1) is 10.0. The van der Waals surface area contributed by atoms with Crippen LogP contribution < -0.4 is 0 Å². The summed E-state index contributed by atoms with van der Waals surface area (Å²) in [7, 11) is 0. The van der Waals surface area contributed by atoms with E-state index in [1.807, 2.05) is 6.07 Å². The molecule has 0 fully saturated rings. The summed E-state index contributed by atoms with van der Waals surface area (Å²) in [6.07, 6.45) is 10.2. The molecule has 0 amide bonds. The molecule has 0 atom stereocenters. The van der Waals surface area contributed by atoms with Crippen LogP contribution in [0.3, 0.4) is 0 Å². The van der Waals surface area contributed by atoms with Gasteiger partial charge in [-0.3, -0.25) is 0 Å². The van der Waals surface area contributed by atoms with Crippen molar-refractivity contribution in [3.63, 3.8) is 0 Å². The molecule has 0 aliphatic carbocycles. The Morgan fingerprint density at radius 1 is 1.00 bits per heavy atom. The minimum absolute atomic E-state index is 1.14. The Bertz CT molecular complexity index is 233. The molecular formula is C13H17. The molecule has 13 heavy (non-hydrogen) atoms. The Balaban J connectivity index is 2.17. The van der Waals surface area contributed by atoms with E-state index in [0.717, 1.165) is 19.3 Å². The van der Waals surface area contributed by atoms with Gasteiger partial charge in [-0.25, -0.2) is 0 Å². The zero-order chi connectivity index (χ0) is 9.36. The fourth-order valence-corrected chi connectivity index (χ4v) is 1.22. The van der Waals surface area contributed by atoms with Gasteiger partial charge in [0.25, 0.3) is 0 Å². The van der Waals surface area contributed by atoms with Crippen LogP contribution in [-0.2, 0) is 0 Å². The molecule has 0 heteroatoms. The van der Waals surface area contributed by atoms with Gasteiger partial charge in [-0.1, -0.05) is 49.4 Å². The lowest BCUT2D eigenvalue weighted by Crippen LogP contribution is -1.79. The first-order valence-electron chi connectivity index (χ1n) is 4.96. The molecule has 0 unspecified atom stereocenters. The van der Waals surface area contributed by atoms with Crippen molar-refractivity contribution in [2.45, 2.75) is 26.2 Å². The minimum atomic E-state index is 1.14. The van der Waals surface area contributed by atoms with Crippen molar-refractivity contribution in [3.8, 4) is 0 Å². The van der Waals surface area contributed by atoms with E-state index < -0.39 is 0 Å². The van der Waals surface area contributed by atoms with Gasteiger partial charge in [0.05, 0.1) is 0 Å². The van der Waals surface area contributed by atoms with Crippen LogP contribution in [0.5, 0.6) is 0 Å². The summed E-state index contributed by atoms with van der Waals surface area (Å²) < 4.78 is 0. The lowest BCUT2D eigenvalue weighted by Gasteiger charge is -1.97. The van der Waals surface area contributed by atoms with Gasteiger partial charge in [0.2, 0.25) is 0 Å². The number of benzene rings is 1. The molecule has 0 nitrogen and oxygen atoms in total. The molecule has 0 N–H and O–H groups in total. The van der Waals surface area contributed by atoms with Crippen molar-refractivity contribution in [3.05, 3.63) is 54.5 Å². The summed E-state index contributed by atoms with van der Waals surface area (Å²) in [5, 5.41) is 0. The topological polar surface area (TPSA) is 0 Å². The average Bonchev–Trinajstić information content (AvgIpc) is 2.19. The van der Waals surface area contributed by atoms with Crippen molar-refractivity contribution in [2.24, 2.45) is 0 Å². The number of hydrogen-bond donors (Lipinski definition) is 0. The van der Waals surface area contributed by atoms with Crippen LogP contribution in [0.15, 0.2) is 42.5 Å². The molecule has 1 radical (unpaired) electrons. The highest BCUT2D eigenvalue weighted by atomic mass is 13.9. The average molecular weight is 173 g/mol. The Kier molecular flexibility index (Phi) is 5.00. The number of hydrogen-bond acceptors (Lipinski definition) is 0. The fourth-order valence-electron chi connectivity index (χ4n) is 1.22. The first-order chi connectivity index (χ1) is 6.43. The van der Waals surface area contributed by atoms with E-state index in [4.69, 9.17) is 0 Å². The molecule has 0 saturated heterocycles. The van der Waals surface area contributed by atoms with Crippen LogP contribution in [-0.4, -0.2) is 0 Å². The molecule has 69 valence electrons. The summed E-state index contributed by atoms with van der Waals surface area (Å²) in [4.78, 5) is 0. The summed E-state index contributed by atoms with van der Waals surface area (Å²) >= 11 is 0. The molecule has 0 saturated carbocycles. The van der Waals surface area contributed by atoms with E-state index in [2.05, 4.69) is 49.8 Å². The van der Waals surface area contributed by atoms with Crippen LogP contribution in [0.4, 0.5) is 0 Å². The smallest absolute Gasteiger partial charge is 0.00900 e. The van der Waals surface area contributed by atoms with Gasteiger partial charge in [-0.2, -0.15) is 0 Å². The van der Waals surface area contributed by atoms with Crippen molar-refractivity contribution < 1.29 is 0 Å². The van der Waals surface area contributed by atoms with Crippen LogP contribution in [0, 0.1) is 6.42 Å². The van der Waals surface area contributed by atoms with Crippen LogP contribution in [0.2, 0.25) is 0 Å². The maximum atomic E-state index is 2.28. The monoisotopic (exact) mass is 173 g/mol. The standard InChI is InChI=1S/C13H17/c1-2-3-4-5-7-10-13-11-8-6-9-12-13/h3-4,6,8-12H,2,5,7H2,1H3. The third kappa shape index (κ3) is 4.51. The molecule has 0 bridgehead atoms. The molecule has 0 aromatic heterocycles. The maximum Gasteiger partial charge on any atom is -0.00900 e. The summed E-state index contributed by atoms with van der Waals surface area (Å²) in [6.45, 7) is 2.16. The van der Waals surface area contributed by atoms with Crippen LogP contribution >= 0.6 is 0 Å². The normalized spacial score (nSPS) is 10.8. The maximum absolute atomic E-state index is 2.28. The largest absolute Gasteiger partial charge is 0.0888 e. The highest BCUT2D eigenvalue weighted by Gasteiger charge is 1.89. The second kappa shape index (κ2) is 6.47. The highest BCUT2D eigenvalue weighted by molar-refractivity contribution is 5.22. The molecule has 1 aromatic carbocycles. The molecule has 0 spiro atoms. The van der Waals surface area contributed by atoms with Crippen molar-refractivity contribution in [1.29, 1.82) is 0 Å². The van der Waals surface area contributed by atoms with Gasteiger partial charge >= 0.3 is 0 Å². The fraction of sp³-hybridized carbons (Fsp3) is 0.308. The van der Waals surface area contributed by atoms with E-state index in [0.29, 0.717) is 0 Å². The van der Waals surface area contributed by atoms with Gasteiger partial charge in [0, 0.05) is 0 Å². The number of allylic oxidation sites excluding steroid dienone is 2. The number of rotatable bonds is 5. The SMILES string of the molecule is CCC=CCC[CH]c1ccccc1. The Labute approximate surface area is 81.3 Å². The van der Waals surface area contributed by atoms with E-state index in [-0.39, 0.29) is 0 Å². The second-order valence-corrected chi connectivity index (χ2v) is 3.07. The summed E-state index contributed by atoms with van der Waals surface area (Å²) in [5.41, 5.74) is 1.33. The van der Waals surface area contributed by atoms with Crippen LogP contribution in [0.25, 0.3) is 0 Å². The van der Waals surface area contributed by atoms with Crippen molar-refractivity contribution in [1.82, 2.24) is 0 Å². The zero-order valence-corrected chi connectivity index (χ0v) is 8.24. The third-order valence-corrected chi connectivity index (χ3v) is 1.92. The quantitative estimate of drug-likeness (QED) is 0.466. The molecular weight excluding hydrogens is 156 g/mol. The van der Waals surface area contributed by atoms with Gasteiger partial charge in [-0.05, 0) is 31.2 Å². The predicted octanol–water partition coefficient (Wildman–Crippen LogP) is 3.99. The third-order valence-electron chi connectivity index (χ3n) is 1.92. The Morgan fingerprint density at radius 3 is 2.46 bits per heavy atom. The molecule has 0 aliphatic rings. The van der Waals surface area contributed by atoms with Gasteiger partial charge < -0.3 is 0 Å². The predicted molar refractivity (Wildman–Crippen MR) is 58.5 cm³/mol. The lowest BCUT2D eigenvalue weighted by molar-refractivity contribution is 0.982. The zero-order valence-electron chi connectivity index (χ0n) is 8.24. The van der Waals surface area contributed by atoms with E-state index in [9.17, 15) is 0 Å². The first-order valence-corrected chi connectivity index (χ1v) is 4.96.